The molecule has 0 spiro atoms. The molecule has 31 heavy (non-hydrogen) atoms. The highest BCUT2D eigenvalue weighted by Gasteiger charge is 2.34. The predicted octanol–water partition coefficient (Wildman–Crippen LogP) is 3.80. The second kappa shape index (κ2) is 8.57. The molecule has 0 radical (unpaired) electrons. The van der Waals surface area contributed by atoms with Crippen molar-refractivity contribution in [3.05, 3.63) is 47.2 Å². The van der Waals surface area contributed by atoms with Gasteiger partial charge in [-0.2, -0.15) is 0 Å². The van der Waals surface area contributed by atoms with Crippen LogP contribution in [0.4, 0.5) is 0 Å². The number of rotatable bonds is 8. The monoisotopic (exact) mass is 422 g/mol. The molecule has 1 aliphatic carbocycles. The van der Waals surface area contributed by atoms with E-state index in [2.05, 4.69) is 17.0 Å². The molecule has 3 aromatic rings. The maximum atomic E-state index is 13.2. The van der Waals surface area contributed by atoms with Gasteiger partial charge in [-0.15, -0.1) is 5.10 Å². The topological polar surface area (TPSA) is 69.5 Å². The zero-order valence-electron chi connectivity index (χ0n) is 18.9. The Kier molecular flexibility index (Phi) is 5.85. The lowest BCUT2D eigenvalue weighted by atomic mass is 10.1. The number of carbonyl (C=O) groups is 1. The van der Waals surface area contributed by atoms with Gasteiger partial charge in [0, 0.05) is 25.3 Å². The number of amides is 1. The lowest BCUT2D eigenvalue weighted by Crippen LogP contribution is -2.42. The number of aryl methyl sites for hydroxylation is 3. The van der Waals surface area contributed by atoms with Gasteiger partial charge >= 0.3 is 0 Å². The van der Waals surface area contributed by atoms with E-state index in [0.717, 1.165) is 33.6 Å². The van der Waals surface area contributed by atoms with Crippen LogP contribution in [0.3, 0.4) is 0 Å². The Morgan fingerprint density at radius 2 is 1.97 bits per heavy atom. The van der Waals surface area contributed by atoms with Crippen molar-refractivity contribution in [2.45, 2.75) is 46.2 Å². The van der Waals surface area contributed by atoms with Crippen molar-refractivity contribution in [1.82, 2.24) is 19.7 Å². The van der Waals surface area contributed by atoms with Gasteiger partial charge in [-0.1, -0.05) is 12.1 Å². The molecule has 7 nitrogen and oxygen atoms in total. The molecule has 164 valence electrons. The Balaban J connectivity index is 1.52. The molecule has 1 aliphatic rings. The molecule has 0 bridgehead atoms. The van der Waals surface area contributed by atoms with Gasteiger partial charge in [0.1, 0.15) is 5.75 Å². The highest BCUT2D eigenvalue weighted by Crippen LogP contribution is 2.36. The average molecular weight is 423 g/mol. The van der Waals surface area contributed by atoms with Crippen molar-refractivity contribution >= 4 is 16.9 Å². The summed E-state index contributed by atoms with van der Waals surface area (Å²) in [5, 5.41) is 5.32. The molecule has 1 unspecified atom stereocenters. The summed E-state index contributed by atoms with van der Waals surface area (Å²) in [4.78, 5) is 19.7. The van der Waals surface area contributed by atoms with E-state index in [1.165, 1.54) is 12.8 Å². The molecule has 4 rings (SSSR count). The van der Waals surface area contributed by atoms with Crippen LogP contribution < -0.4 is 9.47 Å². The molecular formula is C24H30N4O3. The third-order valence-electron chi connectivity index (χ3n) is 6.05. The summed E-state index contributed by atoms with van der Waals surface area (Å²) in [5.41, 5.74) is 3.81. The number of hydrogen-bond acceptors (Lipinski definition) is 5. The van der Waals surface area contributed by atoms with Crippen LogP contribution in [0.25, 0.3) is 11.0 Å². The normalized spacial score (nSPS) is 14.5. The third kappa shape index (κ3) is 4.50. The number of nitrogens with zero attached hydrogens (tertiary/aromatic N) is 4. The summed E-state index contributed by atoms with van der Waals surface area (Å²) in [5.74, 6) is 1.79. The molecule has 1 amide bonds. The van der Waals surface area contributed by atoms with Gasteiger partial charge in [0.15, 0.2) is 12.3 Å². The summed E-state index contributed by atoms with van der Waals surface area (Å²) < 4.78 is 12.9. The van der Waals surface area contributed by atoms with Crippen LogP contribution in [0.2, 0.25) is 0 Å². The van der Waals surface area contributed by atoms with Crippen LogP contribution in [0.5, 0.6) is 11.6 Å². The van der Waals surface area contributed by atoms with E-state index in [1.54, 1.807) is 11.8 Å². The fourth-order valence-corrected chi connectivity index (χ4v) is 4.08. The van der Waals surface area contributed by atoms with Crippen LogP contribution in [-0.4, -0.2) is 45.3 Å². The number of methoxy groups -OCH3 is 1. The van der Waals surface area contributed by atoms with Gasteiger partial charge in [0.05, 0.1) is 12.5 Å². The fourth-order valence-electron chi connectivity index (χ4n) is 4.08. The van der Waals surface area contributed by atoms with Crippen molar-refractivity contribution in [2.24, 2.45) is 13.0 Å². The van der Waals surface area contributed by atoms with Crippen LogP contribution in [0.15, 0.2) is 30.3 Å². The zero-order valence-corrected chi connectivity index (χ0v) is 18.9. The molecule has 0 N–H and O–H groups in total. The highest BCUT2D eigenvalue weighted by molar-refractivity contribution is 5.85. The molecule has 2 aromatic heterocycles. The number of carbonyl (C=O) groups excluding carboxylic acids is 1. The van der Waals surface area contributed by atoms with E-state index in [4.69, 9.17) is 9.47 Å². The van der Waals surface area contributed by atoms with E-state index in [9.17, 15) is 4.79 Å². The number of hydrogen-bond donors (Lipinski definition) is 0. The van der Waals surface area contributed by atoms with Crippen molar-refractivity contribution in [3.63, 3.8) is 0 Å². The Labute approximate surface area is 183 Å². The number of aromatic nitrogens is 3. The maximum Gasteiger partial charge on any atom is 0.261 e. The van der Waals surface area contributed by atoms with Gasteiger partial charge in [-0.3, -0.25) is 4.79 Å². The lowest BCUT2D eigenvalue weighted by molar-refractivity contribution is -0.136. The van der Waals surface area contributed by atoms with Crippen molar-refractivity contribution in [2.75, 3.05) is 13.7 Å². The minimum atomic E-state index is -0.0490. The fraction of sp³-hybridized carbons (Fsp3) is 0.458. The van der Waals surface area contributed by atoms with Crippen LogP contribution in [0.1, 0.15) is 36.6 Å². The first-order valence-electron chi connectivity index (χ1n) is 10.7. The molecule has 7 heteroatoms. The SMILES string of the molecule is COc1ccc(CN(C(=O)COc2nn(C)c3nc(C)cc(C)c23)C(C)C2CC2)cc1. The van der Waals surface area contributed by atoms with Gasteiger partial charge < -0.3 is 14.4 Å². The third-order valence-corrected chi connectivity index (χ3v) is 6.05. The van der Waals surface area contributed by atoms with Crippen LogP contribution >= 0.6 is 0 Å². The molecule has 0 saturated heterocycles. The summed E-state index contributed by atoms with van der Waals surface area (Å²) in [6.07, 6.45) is 2.34. The molecule has 0 aliphatic heterocycles. The first kappa shape index (κ1) is 21.2. The predicted molar refractivity (Wildman–Crippen MR) is 119 cm³/mol. The summed E-state index contributed by atoms with van der Waals surface area (Å²) in [6.45, 7) is 6.60. The first-order chi connectivity index (χ1) is 14.9. The highest BCUT2D eigenvalue weighted by atomic mass is 16.5. The Hall–Kier alpha value is -3.09. The zero-order chi connectivity index (χ0) is 22.1. The minimum absolute atomic E-state index is 0.0354. The van der Waals surface area contributed by atoms with Gasteiger partial charge in [0.25, 0.3) is 5.91 Å². The minimum Gasteiger partial charge on any atom is -0.497 e. The molecule has 1 atom stereocenters. The first-order valence-corrected chi connectivity index (χ1v) is 10.7. The largest absolute Gasteiger partial charge is 0.497 e. The Morgan fingerprint density at radius 1 is 1.26 bits per heavy atom. The van der Waals surface area contributed by atoms with Gasteiger partial charge in [-0.05, 0) is 68.9 Å². The number of fused-ring (bicyclic) bond motifs is 1. The van der Waals surface area contributed by atoms with Gasteiger partial charge in [-0.25, -0.2) is 9.67 Å². The van der Waals surface area contributed by atoms with Crippen molar-refractivity contribution in [3.8, 4) is 11.6 Å². The van der Waals surface area contributed by atoms with E-state index in [1.807, 2.05) is 56.1 Å². The Morgan fingerprint density at radius 3 is 2.61 bits per heavy atom. The van der Waals surface area contributed by atoms with Crippen LogP contribution in [-0.2, 0) is 18.4 Å². The van der Waals surface area contributed by atoms with E-state index >= 15 is 0 Å². The molecule has 2 heterocycles. The maximum absolute atomic E-state index is 13.2. The molecule has 1 fully saturated rings. The van der Waals surface area contributed by atoms with Crippen molar-refractivity contribution in [1.29, 1.82) is 0 Å². The molecule has 1 saturated carbocycles. The second-order valence-electron chi connectivity index (χ2n) is 8.44. The lowest BCUT2D eigenvalue weighted by Gasteiger charge is -2.29. The molecular weight excluding hydrogens is 392 g/mol. The number of benzene rings is 1. The number of ether oxygens (including phenoxy) is 2. The summed E-state index contributed by atoms with van der Waals surface area (Å²) >= 11 is 0. The smallest absolute Gasteiger partial charge is 0.261 e. The molecule has 1 aromatic carbocycles. The van der Waals surface area contributed by atoms with Gasteiger partial charge in [0.2, 0.25) is 5.88 Å². The number of pyridine rings is 1. The Bertz CT molecular complexity index is 1090. The summed E-state index contributed by atoms with van der Waals surface area (Å²) in [6, 6.07) is 10.0. The summed E-state index contributed by atoms with van der Waals surface area (Å²) in [7, 11) is 3.49. The quantitative estimate of drug-likeness (QED) is 0.552. The average Bonchev–Trinajstić information content (AvgIpc) is 3.55. The standard InChI is InChI=1S/C24H30N4O3/c1-15-12-16(2)25-23-22(15)24(26-27(23)4)31-14-21(29)28(17(3)19-8-9-19)13-18-6-10-20(30-5)11-7-18/h6-7,10-12,17,19H,8-9,13-14H2,1-5H3. The van der Waals surface area contributed by atoms with Crippen molar-refractivity contribution < 1.29 is 14.3 Å². The van der Waals surface area contributed by atoms with E-state index < -0.39 is 0 Å². The van der Waals surface area contributed by atoms with E-state index in [0.29, 0.717) is 18.3 Å². The van der Waals surface area contributed by atoms with E-state index in [-0.39, 0.29) is 18.6 Å². The van der Waals surface area contributed by atoms with Crippen LogP contribution in [0, 0.1) is 19.8 Å². The second-order valence-corrected chi connectivity index (χ2v) is 8.44.